The molecule has 0 saturated carbocycles. The van der Waals surface area contributed by atoms with Gasteiger partial charge in [-0.25, -0.2) is 8.42 Å². The maximum atomic E-state index is 12.1. The first-order chi connectivity index (χ1) is 9.38. The number of hydrogen-bond acceptors (Lipinski definition) is 3. The SMILES string of the molecule is CS(=O)(=O)c1ccc(Cl)c(C(=O)Nc2ccccc2)c1. The van der Waals surface area contributed by atoms with Gasteiger partial charge in [0.25, 0.3) is 5.91 Å². The second-order valence-electron chi connectivity index (χ2n) is 4.23. The van der Waals surface area contributed by atoms with Crippen LogP contribution in [0.4, 0.5) is 5.69 Å². The maximum Gasteiger partial charge on any atom is 0.257 e. The Bertz CT molecular complexity index is 742. The van der Waals surface area contributed by atoms with Crippen molar-refractivity contribution < 1.29 is 13.2 Å². The Morgan fingerprint density at radius 3 is 2.35 bits per heavy atom. The summed E-state index contributed by atoms with van der Waals surface area (Å²) in [6.45, 7) is 0. The molecule has 0 saturated heterocycles. The molecule has 0 aliphatic heterocycles. The number of halogens is 1. The summed E-state index contributed by atoms with van der Waals surface area (Å²) in [4.78, 5) is 12.2. The zero-order valence-corrected chi connectivity index (χ0v) is 12.2. The van der Waals surface area contributed by atoms with Crippen molar-refractivity contribution in [3.05, 3.63) is 59.1 Å². The first-order valence-electron chi connectivity index (χ1n) is 5.74. The Balaban J connectivity index is 2.35. The van der Waals surface area contributed by atoms with Crippen LogP contribution in [0.1, 0.15) is 10.4 Å². The highest BCUT2D eigenvalue weighted by Crippen LogP contribution is 2.21. The standard InChI is InChI=1S/C14H12ClNO3S/c1-20(18,19)11-7-8-13(15)12(9-11)14(17)16-10-5-3-2-4-6-10/h2-9H,1H3,(H,16,17). The van der Waals surface area contributed by atoms with Crippen LogP contribution in [0.3, 0.4) is 0 Å². The molecule has 0 aliphatic carbocycles. The number of hydrogen-bond donors (Lipinski definition) is 1. The number of rotatable bonds is 3. The highest BCUT2D eigenvalue weighted by Gasteiger charge is 2.15. The Hall–Kier alpha value is -1.85. The predicted molar refractivity (Wildman–Crippen MR) is 79.0 cm³/mol. The van der Waals surface area contributed by atoms with Gasteiger partial charge in [-0.2, -0.15) is 0 Å². The zero-order valence-electron chi connectivity index (χ0n) is 10.6. The van der Waals surface area contributed by atoms with E-state index in [0.29, 0.717) is 5.69 Å². The topological polar surface area (TPSA) is 63.2 Å². The Kier molecular flexibility index (Phi) is 4.11. The van der Waals surface area contributed by atoms with Gasteiger partial charge in [-0.3, -0.25) is 4.79 Å². The monoisotopic (exact) mass is 309 g/mol. The lowest BCUT2D eigenvalue weighted by molar-refractivity contribution is 0.102. The minimum absolute atomic E-state index is 0.0557. The smallest absolute Gasteiger partial charge is 0.257 e. The van der Waals surface area contributed by atoms with Gasteiger partial charge < -0.3 is 5.32 Å². The molecule has 0 atom stereocenters. The molecule has 0 heterocycles. The largest absolute Gasteiger partial charge is 0.322 e. The van der Waals surface area contributed by atoms with Crippen molar-refractivity contribution in [1.82, 2.24) is 0 Å². The van der Waals surface area contributed by atoms with Crippen LogP contribution < -0.4 is 5.32 Å². The van der Waals surface area contributed by atoms with E-state index in [4.69, 9.17) is 11.6 Å². The van der Waals surface area contributed by atoms with E-state index in [9.17, 15) is 13.2 Å². The van der Waals surface area contributed by atoms with Gasteiger partial charge in [0.15, 0.2) is 9.84 Å². The molecule has 0 aromatic heterocycles. The molecule has 2 aromatic rings. The summed E-state index contributed by atoms with van der Waals surface area (Å²) in [5.74, 6) is -0.452. The average molecular weight is 310 g/mol. The number of carbonyl (C=O) groups is 1. The summed E-state index contributed by atoms with van der Waals surface area (Å²) in [6.07, 6.45) is 1.08. The number of para-hydroxylation sites is 1. The van der Waals surface area contributed by atoms with Crippen molar-refractivity contribution in [2.45, 2.75) is 4.90 Å². The van der Waals surface area contributed by atoms with E-state index >= 15 is 0 Å². The third kappa shape index (κ3) is 3.37. The number of amides is 1. The molecular formula is C14H12ClNO3S. The summed E-state index contributed by atoms with van der Waals surface area (Å²) in [7, 11) is -3.39. The second kappa shape index (κ2) is 5.64. The summed E-state index contributed by atoms with van der Waals surface area (Å²) >= 11 is 5.95. The summed E-state index contributed by atoms with van der Waals surface area (Å²) in [5, 5.41) is 2.86. The molecule has 4 nitrogen and oxygen atoms in total. The third-order valence-corrected chi connectivity index (χ3v) is 4.08. The van der Waals surface area contributed by atoms with Crippen LogP contribution in [0.5, 0.6) is 0 Å². The van der Waals surface area contributed by atoms with E-state index in [0.717, 1.165) is 6.26 Å². The van der Waals surface area contributed by atoms with Crippen LogP contribution in [-0.2, 0) is 9.84 Å². The minimum Gasteiger partial charge on any atom is -0.322 e. The van der Waals surface area contributed by atoms with Crippen molar-refractivity contribution in [1.29, 1.82) is 0 Å². The molecule has 0 bridgehead atoms. The number of sulfone groups is 1. The van der Waals surface area contributed by atoms with Gasteiger partial charge in [-0.15, -0.1) is 0 Å². The van der Waals surface area contributed by atoms with Crippen molar-refractivity contribution >= 4 is 33.0 Å². The van der Waals surface area contributed by atoms with Crippen LogP contribution in [0.25, 0.3) is 0 Å². The fourth-order valence-corrected chi connectivity index (χ4v) is 2.48. The fourth-order valence-electron chi connectivity index (χ4n) is 1.63. The molecule has 0 spiro atoms. The molecule has 6 heteroatoms. The van der Waals surface area contributed by atoms with Crippen LogP contribution in [-0.4, -0.2) is 20.6 Å². The highest BCUT2D eigenvalue weighted by molar-refractivity contribution is 7.90. The van der Waals surface area contributed by atoms with Gasteiger partial charge in [0.2, 0.25) is 0 Å². The van der Waals surface area contributed by atoms with Gasteiger partial charge in [0.1, 0.15) is 0 Å². The molecule has 1 N–H and O–H groups in total. The molecule has 2 aromatic carbocycles. The number of anilines is 1. The summed E-state index contributed by atoms with van der Waals surface area (Å²) < 4.78 is 23.0. The molecule has 0 radical (unpaired) electrons. The van der Waals surface area contributed by atoms with Gasteiger partial charge >= 0.3 is 0 Å². The molecule has 2 rings (SSSR count). The van der Waals surface area contributed by atoms with Crippen molar-refractivity contribution in [3.8, 4) is 0 Å². The number of carbonyl (C=O) groups excluding carboxylic acids is 1. The molecular weight excluding hydrogens is 298 g/mol. The molecule has 104 valence electrons. The lowest BCUT2D eigenvalue weighted by Crippen LogP contribution is -2.13. The lowest BCUT2D eigenvalue weighted by Gasteiger charge is -2.08. The van der Waals surface area contributed by atoms with Crippen molar-refractivity contribution in [2.24, 2.45) is 0 Å². The Labute approximate surface area is 122 Å². The highest BCUT2D eigenvalue weighted by atomic mass is 35.5. The van der Waals surface area contributed by atoms with Crippen LogP contribution in [0, 0.1) is 0 Å². The zero-order chi connectivity index (χ0) is 14.8. The lowest BCUT2D eigenvalue weighted by atomic mass is 10.2. The Morgan fingerprint density at radius 1 is 1.10 bits per heavy atom. The normalized spacial score (nSPS) is 11.1. The van der Waals surface area contributed by atoms with Crippen molar-refractivity contribution in [2.75, 3.05) is 11.6 Å². The van der Waals surface area contributed by atoms with Gasteiger partial charge in [-0.05, 0) is 30.3 Å². The molecule has 20 heavy (non-hydrogen) atoms. The Morgan fingerprint density at radius 2 is 1.75 bits per heavy atom. The summed E-state index contributed by atoms with van der Waals surface area (Å²) in [5.41, 5.74) is 0.733. The van der Waals surface area contributed by atoms with E-state index in [1.54, 1.807) is 24.3 Å². The number of benzene rings is 2. The average Bonchev–Trinajstić information content (AvgIpc) is 2.39. The van der Waals surface area contributed by atoms with E-state index in [2.05, 4.69) is 5.32 Å². The van der Waals surface area contributed by atoms with E-state index in [-0.39, 0.29) is 15.5 Å². The van der Waals surface area contributed by atoms with Crippen LogP contribution >= 0.6 is 11.6 Å². The fraction of sp³-hybridized carbons (Fsp3) is 0.0714. The first-order valence-corrected chi connectivity index (χ1v) is 8.01. The van der Waals surface area contributed by atoms with Gasteiger partial charge in [-0.1, -0.05) is 29.8 Å². The number of nitrogens with one attached hydrogen (secondary N) is 1. The molecule has 0 aliphatic rings. The maximum absolute atomic E-state index is 12.1. The van der Waals surface area contributed by atoms with Crippen molar-refractivity contribution in [3.63, 3.8) is 0 Å². The summed E-state index contributed by atoms with van der Waals surface area (Å²) in [6, 6.07) is 12.9. The van der Waals surface area contributed by atoms with Gasteiger partial charge in [0.05, 0.1) is 15.5 Å². The third-order valence-electron chi connectivity index (χ3n) is 2.64. The van der Waals surface area contributed by atoms with E-state index < -0.39 is 15.7 Å². The first kappa shape index (κ1) is 14.6. The van der Waals surface area contributed by atoms with Gasteiger partial charge in [0, 0.05) is 11.9 Å². The van der Waals surface area contributed by atoms with Crippen LogP contribution in [0.2, 0.25) is 5.02 Å². The molecule has 0 unspecified atom stereocenters. The van der Waals surface area contributed by atoms with Crippen LogP contribution in [0.15, 0.2) is 53.4 Å². The second-order valence-corrected chi connectivity index (χ2v) is 6.66. The minimum atomic E-state index is -3.39. The molecule has 1 amide bonds. The van der Waals surface area contributed by atoms with E-state index in [1.165, 1.54) is 18.2 Å². The molecule has 0 fully saturated rings. The quantitative estimate of drug-likeness (QED) is 0.948. The predicted octanol–water partition coefficient (Wildman–Crippen LogP) is 3.00. The van der Waals surface area contributed by atoms with E-state index in [1.807, 2.05) is 6.07 Å².